The summed E-state index contributed by atoms with van der Waals surface area (Å²) < 4.78 is 0. The van der Waals surface area contributed by atoms with E-state index in [9.17, 15) is 0 Å². The maximum atomic E-state index is 5.96. The molecule has 0 aromatic rings. The van der Waals surface area contributed by atoms with Crippen molar-refractivity contribution in [3.05, 3.63) is 12.7 Å². The van der Waals surface area contributed by atoms with Crippen LogP contribution < -0.4 is 5.73 Å². The highest BCUT2D eigenvalue weighted by Crippen LogP contribution is 2.36. The smallest absolute Gasteiger partial charge is 0.00151 e. The van der Waals surface area contributed by atoms with Gasteiger partial charge in [0.2, 0.25) is 0 Å². The molecule has 0 saturated heterocycles. The summed E-state index contributed by atoms with van der Waals surface area (Å²) in [5.74, 6) is 1.45. The molecule has 0 aliphatic rings. The Morgan fingerprint density at radius 3 is 2.20 bits per heavy atom. The van der Waals surface area contributed by atoms with Crippen molar-refractivity contribution in [3.63, 3.8) is 0 Å². The Balaban J connectivity index is 4.28. The van der Waals surface area contributed by atoms with Crippen LogP contribution in [0, 0.1) is 17.3 Å². The molecule has 0 heterocycles. The minimum absolute atomic E-state index is 0.288. The largest absolute Gasteiger partial charge is 0.330 e. The van der Waals surface area contributed by atoms with Crippen LogP contribution in [0.15, 0.2) is 12.7 Å². The van der Waals surface area contributed by atoms with Crippen LogP contribution in [0.4, 0.5) is 0 Å². The maximum absolute atomic E-state index is 5.96. The van der Waals surface area contributed by atoms with Gasteiger partial charge in [0, 0.05) is 0 Å². The van der Waals surface area contributed by atoms with E-state index in [0.717, 1.165) is 18.9 Å². The Labute approximate surface area is 96.1 Å². The number of nitrogens with two attached hydrogens (primary N) is 1. The fourth-order valence-corrected chi connectivity index (χ4v) is 2.20. The average molecular weight is 211 g/mol. The van der Waals surface area contributed by atoms with Gasteiger partial charge in [0.05, 0.1) is 0 Å². The zero-order valence-corrected chi connectivity index (χ0v) is 11.1. The molecule has 1 heteroatoms. The van der Waals surface area contributed by atoms with Gasteiger partial charge in [-0.1, -0.05) is 46.6 Å². The summed E-state index contributed by atoms with van der Waals surface area (Å²) in [4.78, 5) is 0. The predicted octanol–water partition coefficient (Wildman–Crippen LogP) is 3.99. The van der Waals surface area contributed by atoms with E-state index in [4.69, 9.17) is 5.73 Å². The summed E-state index contributed by atoms with van der Waals surface area (Å²) in [7, 11) is 0. The Morgan fingerprint density at radius 1 is 1.27 bits per heavy atom. The topological polar surface area (TPSA) is 26.0 Å². The molecule has 1 atom stereocenters. The monoisotopic (exact) mass is 211 g/mol. The number of hydrogen-bond acceptors (Lipinski definition) is 1. The highest BCUT2D eigenvalue weighted by atomic mass is 14.6. The zero-order valence-electron chi connectivity index (χ0n) is 11.1. The van der Waals surface area contributed by atoms with Gasteiger partial charge >= 0.3 is 0 Å². The van der Waals surface area contributed by atoms with Crippen LogP contribution in [0.2, 0.25) is 0 Å². The van der Waals surface area contributed by atoms with Gasteiger partial charge in [0.1, 0.15) is 0 Å². The number of hydrogen-bond donors (Lipinski definition) is 1. The lowest BCUT2D eigenvalue weighted by Crippen LogP contribution is -2.35. The molecular weight excluding hydrogens is 182 g/mol. The van der Waals surface area contributed by atoms with Gasteiger partial charge in [0.25, 0.3) is 0 Å². The molecule has 0 spiro atoms. The first-order chi connectivity index (χ1) is 6.98. The second-order valence-corrected chi connectivity index (χ2v) is 5.50. The van der Waals surface area contributed by atoms with E-state index >= 15 is 0 Å². The van der Waals surface area contributed by atoms with Gasteiger partial charge < -0.3 is 5.73 Å². The first-order valence-corrected chi connectivity index (χ1v) is 6.29. The van der Waals surface area contributed by atoms with E-state index < -0.39 is 0 Å². The van der Waals surface area contributed by atoms with E-state index in [-0.39, 0.29) is 5.41 Å². The van der Waals surface area contributed by atoms with Crippen LogP contribution in [-0.4, -0.2) is 6.54 Å². The summed E-state index contributed by atoms with van der Waals surface area (Å²) in [6.45, 7) is 13.8. The summed E-state index contributed by atoms with van der Waals surface area (Å²) in [5.41, 5.74) is 6.25. The van der Waals surface area contributed by atoms with Crippen molar-refractivity contribution in [1.82, 2.24) is 0 Å². The van der Waals surface area contributed by atoms with Gasteiger partial charge in [-0.15, -0.1) is 6.58 Å². The molecule has 1 unspecified atom stereocenters. The fraction of sp³-hybridized carbons (Fsp3) is 0.857. The average Bonchev–Trinajstić information content (AvgIpc) is 2.15. The van der Waals surface area contributed by atoms with Gasteiger partial charge in [-0.2, -0.15) is 0 Å². The molecule has 0 aromatic carbocycles. The van der Waals surface area contributed by atoms with Crippen LogP contribution >= 0.6 is 0 Å². The third-order valence-electron chi connectivity index (χ3n) is 3.64. The van der Waals surface area contributed by atoms with Gasteiger partial charge in [-0.3, -0.25) is 0 Å². The quantitative estimate of drug-likeness (QED) is 0.604. The van der Waals surface area contributed by atoms with Gasteiger partial charge in [-0.25, -0.2) is 0 Å². The number of allylic oxidation sites excluding steroid dienone is 1. The third kappa shape index (κ3) is 4.83. The van der Waals surface area contributed by atoms with Gasteiger partial charge in [0.15, 0.2) is 0 Å². The van der Waals surface area contributed by atoms with E-state index in [1.165, 1.54) is 19.3 Å². The lowest BCUT2D eigenvalue weighted by molar-refractivity contribution is 0.175. The Kier molecular flexibility index (Phi) is 6.91. The molecule has 1 nitrogen and oxygen atoms in total. The molecule has 0 rings (SSSR count). The summed E-state index contributed by atoms with van der Waals surface area (Å²) in [6, 6.07) is 0. The molecule has 0 saturated carbocycles. The van der Waals surface area contributed by atoms with E-state index in [2.05, 4.69) is 34.3 Å². The lowest BCUT2D eigenvalue weighted by atomic mass is 9.71. The molecule has 0 aliphatic carbocycles. The molecule has 0 fully saturated rings. The molecule has 0 radical (unpaired) electrons. The van der Waals surface area contributed by atoms with Crippen molar-refractivity contribution in [2.24, 2.45) is 23.0 Å². The van der Waals surface area contributed by atoms with Crippen LogP contribution in [-0.2, 0) is 0 Å². The minimum atomic E-state index is 0.288. The van der Waals surface area contributed by atoms with Gasteiger partial charge in [-0.05, 0) is 36.6 Å². The van der Waals surface area contributed by atoms with Crippen molar-refractivity contribution in [1.29, 1.82) is 0 Å². The zero-order chi connectivity index (χ0) is 11.9. The Bertz CT molecular complexity index is 172. The van der Waals surface area contributed by atoms with E-state index in [0.29, 0.717) is 5.92 Å². The second-order valence-electron chi connectivity index (χ2n) is 5.50. The molecule has 0 bridgehead atoms. The van der Waals surface area contributed by atoms with E-state index in [1.807, 2.05) is 6.08 Å². The molecule has 90 valence electrons. The second kappa shape index (κ2) is 7.05. The highest BCUT2D eigenvalue weighted by Gasteiger charge is 2.30. The molecule has 0 aliphatic heterocycles. The normalized spacial score (nSPS) is 15.7. The van der Waals surface area contributed by atoms with Crippen LogP contribution in [0.1, 0.15) is 53.4 Å². The SMILES string of the molecule is C=CCC(CN)(CCCC(C)C)C(C)C. The first-order valence-electron chi connectivity index (χ1n) is 6.29. The maximum Gasteiger partial charge on any atom is -0.00151 e. The molecule has 0 aromatic heterocycles. The van der Waals surface area contributed by atoms with Crippen molar-refractivity contribution in [2.45, 2.75) is 53.4 Å². The first kappa shape index (κ1) is 14.7. The van der Waals surface area contributed by atoms with Crippen molar-refractivity contribution >= 4 is 0 Å². The Hall–Kier alpha value is -0.300. The van der Waals surface area contributed by atoms with Crippen LogP contribution in [0.3, 0.4) is 0 Å². The molecular formula is C14H29N. The molecule has 15 heavy (non-hydrogen) atoms. The minimum Gasteiger partial charge on any atom is -0.330 e. The number of rotatable bonds is 8. The van der Waals surface area contributed by atoms with Crippen LogP contribution in [0.25, 0.3) is 0 Å². The highest BCUT2D eigenvalue weighted by molar-refractivity contribution is 4.89. The third-order valence-corrected chi connectivity index (χ3v) is 3.64. The Morgan fingerprint density at radius 2 is 1.87 bits per heavy atom. The van der Waals surface area contributed by atoms with Crippen molar-refractivity contribution in [3.8, 4) is 0 Å². The van der Waals surface area contributed by atoms with E-state index in [1.54, 1.807) is 0 Å². The summed E-state index contributed by atoms with van der Waals surface area (Å²) in [6.07, 6.45) is 6.93. The molecule has 2 N–H and O–H groups in total. The summed E-state index contributed by atoms with van der Waals surface area (Å²) >= 11 is 0. The van der Waals surface area contributed by atoms with Crippen molar-refractivity contribution < 1.29 is 0 Å². The van der Waals surface area contributed by atoms with Crippen LogP contribution in [0.5, 0.6) is 0 Å². The lowest BCUT2D eigenvalue weighted by Gasteiger charge is -2.36. The fourth-order valence-electron chi connectivity index (χ4n) is 2.20. The van der Waals surface area contributed by atoms with Crippen molar-refractivity contribution in [2.75, 3.05) is 6.54 Å². The molecule has 0 amide bonds. The predicted molar refractivity (Wildman–Crippen MR) is 69.8 cm³/mol. The standard InChI is InChI=1S/C14H29N/c1-6-9-14(11-15,13(4)5)10-7-8-12(2)3/h6,12-13H,1,7-11,15H2,2-5H3. The summed E-state index contributed by atoms with van der Waals surface area (Å²) in [5, 5.41) is 0.